The molecule has 0 unspecified atom stereocenters. The lowest BCUT2D eigenvalue weighted by Crippen LogP contribution is -2.40. The number of carbonyl (C=O) groups excluding carboxylic acids is 2. The molecular formula is C24H27N5O9S. The van der Waals surface area contributed by atoms with Crippen molar-refractivity contribution in [3.8, 4) is 0 Å². The Bertz CT molecular complexity index is 1280. The molecule has 0 spiro atoms. The van der Waals surface area contributed by atoms with Gasteiger partial charge in [0.2, 0.25) is 5.91 Å². The number of carbonyl (C=O) groups is 2. The van der Waals surface area contributed by atoms with Gasteiger partial charge in [-0.05, 0) is 49.7 Å². The fourth-order valence-corrected chi connectivity index (χ4v) is 4.51. The lowest BCUT2D eigenvalue weighted by atomic mass is 9.93. The molecule has 3 rings (SSSR count). The van der Waals surface area contributed by atoms with E-state index in [0.29, 0.717) is 17.1 Å². The highest BCUT2D eigenvalue weighted by atomic mass is 32.1. The maximum Gasteiger partial charge on any atom is 0.316 e. The number of amides is 1. The van der Waals surface area contributed by atoms with E-state index < -0.39 is 40.7 Å². The van der Waals surface area contributed by atoms with Crippen molar-refractivity contribution in [2.45, 2.75) is 19.4 Å². The molecule has 2 aromatic heterocycles. The number of pyridine rings is 1. The van der Waals surface area contributed by atoms with E-state index >= 15 is 0 Å². The van der Waals surface area contributed by atoms with Crippen molar-refractivity contribution in [1.29, 1.82) is 0 Å². The Balaban J connectivity index is 1.67. The Kier molecular flexibility index (Phi) is 9.68. The second-order valence-electron chi connectivity index (χ2n) is 9.20. The molecule has 15 heteroatoms. The highest BCUT2D eigenvalue weighted by Gasteiger charge is 2.38. The van der Waals surface area contributed by atoms with E-state index in [1.165, 1.54) is 18.3 Å². The Morgan fingerprint density at radius 3 is 2.31 bits per heavy atom. The van der Waals surface area contributed by atoms with Crippen LogP contribution in [0.5, 0.6) is 0 Å². The fraction of sp³-hybridized carbons (Fsp3) is 0.375. The maximum absolute atomic E-state index is 13.2. The number of nitrogens with one attached hydrogen (secondary N) is 1. The predicted octanol–water partition coefficient (Wildman–Crippen LogP) is 3.05. The van der Waals surface area contributed by atoms with E-state index in [0.717, 1.165) is 15.6 Å². The largest absolute Gasteiger partial charge is 0.460 e. The normalized spacial score (nSPS) is 12.1. The molecule has 1 N–H and O–H groups in total. The molecule has 0 bridgehead atoms. The molecule has 2 heterocycles. The molecule has 39 heavy (non-hydrogen) atoms. The van der Waals surface area contributed by atoms with Gasteiger partial charge in [0.1, 0.15) is 25.2 Å². The minimum Gasteiger partial charge on any atom is -0.460 e. The van der Waals surface area contributed by atoms with Gasteiger partial charge in [0.25, 0.3) is 10.2 Å². The number of hydrogen-bond acceptors (Lipinski definition) is 12. The first-order chi connectivity index (χ1) is 18.5. The number of nitrogens with zero attached hydrogens (tertiary/aromatic N) is 4. The Morgan fingerprint density at radius 1 is 1.10 bits per heavy atom. The molecule has 208 valence electrons. The van der Waals surface area contributed by atoms with Crippen LogP contribution in [-0.2, 0) is 30.6 Å². The lowest BCUT2D eigenvalue weighted by molar-refractivity contribution is -0.770. The van der Waals surface area contributed by atoms with Gasteiger partial charge in [-0.25, -0.2) is 0 Å². The summed E-state index contributed by atoms with van der Waals surface area (Å²) < 4.78 is 6.20. The van der Waals surface area contributed by atoms with Crippen molar-refractivity contribution in [3.63, 3.8) is 0 Å². The minimum atomic E-state index is -1.79. The fourth-order valence-electron chi connectivity index (χ4n) is 3.58. The highest BCUT2D eigenvalue weighted by molar-refractivity contribution is 7.22. The van der Waals surface area contributed by atoms with Crippen molar-refractivity contribution >= 4 is 38.3 Å². The molecule has 3 aromatic rings. The van der Waals surface area contributed by atoms with E-state index in [9.17, 15) is 29.8 Å². The van der Waals surface area contributed by atoms with E-state index in [-0.39, 0.29) is 12.5 Å². The smallest absolute Gasteiger partial charge is 0.316 e. The number of hydrogen-bond donors (Lipinski definition) is 1. The van der Waals surface area contributed by atoms with Gasteiger partial charge in [-0.1, -0.05) is 24.3 Å². The maximum atomic E-state index is 13.2. The van der Waals surface area contributed by atoms with Crippen molar-refractivity contribution < 1.29 is 34.2 Å². The second kappa shape index (κ2) is 12.9. The molecule has 0 aliphatic rings. The number of anilines is 1. The van der Waals surface area contributed by atoms with Gasteiger partial charge < -0.3 is 24.6 Å². The average molecular weight is 562 g/mol. The first kappa shape index (κ1) is 29.2. The Hall–Kier alpha value is -4.37. The number of rotatable bonds is 14. The van der Waals surface area contributed by atoms with Gasteiger partial charge in [0.05, 0.1) is 15.6 Å². The molecule has 14 nitrogen and oxygen atoms in total. The van der Waals surface area contributed by atoms with E-state index in [1.807, 2.05) is 31.1 Å². The van der Waals surface area contributed by atoms with Crippen molar-refractivity contribution in [2.75, 3.05) is 39.2 Å². The highest BCUT2D eigenvalue weighted by Crippen LogP contribution is 2.30. The lowest BCUT2D eigenvalue weighted by Gasteiger charge is -2.25. The SMILES string of the molecule is CN(C)C[C@@H](C(=O)Nc1cc2ccncc2s1)c1ccc(COC(=O)C(C)(CO[N+](=O)[O-])CO[N+](=O)[O-])cc1. The first-order valence-electron chi connectivity index (χ1n) is 11.6. The number of fused-ring (bicyclic) bond motifs is 1. The summed E-state index contributed by atoms with van der Waals surface area (Å²) in [6, 6.07) is 10.6. The molecule has 1 amide bonds. The summed E-state index contributed by atoms with van der Waals surface area (Å²) in [5.41, 5.74) is -0.485. The van der Waals surface area contributed by atoms with Crippen LogP contribution in [0.3, 0.4) is 0 Å². The summed E-state index contributed by atoms with van der Waals surface area (Å²) in [6.07, 6.45) is 3.43. The quantitative estimate of drug-likeness (QED) is 0.174. The summed E-state index contributed by atoms with van der Waals surface area (Å²) in [6.45, 7) is -0.153. The van der Waals surface area contributed by atoms with Gasteiger partial charge in [-0.2, -0.15) is 0 Å². The Labute approximate surface area is 226 Å². The molecule has 0 radical (unpaired) electrons. The van der Waals surface area contributed by atoms with Crippen molar-refractivity contribution in [1.82, 2.24) is 9.88 Å². The molecule has 1 aromatic carbocycles. The van der Waals surface area contributed by atoms with Crippen LogP contribution in [0.1, 0.15) is 24.0 Å². The second-order valence-corrected chi connectivity index (χ2v) is 10.3. The zero-order valence-electron chi connectivity index (χ0n) is 21.4. The third kappa shape index (κ3) is 8.31. The summed E-state index contributed by atoms with van der Waals surface area (Å²) in [7, 11) is 3.73. The standard InChI is InChI=1S/C24H27N5O9S/c1-24(14-37-28(32)33,15-38-29(34)35)23(31)36-13-16-4-6-17(7-5-16)19(12-27(2)3)22(30)26-21-10-18-8-9-25-11-20(18)39-21/h4-11,19H,12-15H2,1-3H3,(H,26,30)/t19-/m1/s1. The minimum absolute atomic E-state index is 0.185. The van der Waals surface area contributed by atoms with Crippen molar-refractivity contribution in [2.24, 2.45) is 5.41 Å². The average Bonchev–Trinajstić information content (AvgIpc) is 3.30. The van der Waals surface area contributed by atoms with Crippen LogP contribution in [-0.4, -0.2) is 65.8 Å². The van der Waals surface area contributed by atoms with E-state index in [2.05, 4.69) is 20.0 Å². The van der Waals surface area contributed by atoms with Gasteiger partial charge in [-0.3, -0.25) is 14.6 Å². The summed E-state index contributed by atoms with van der Waals surface area (Å²) >= 11 is 1.43. The van der Waals surface area contributed by atoms with E-state index in [4.69, 9.17) is 4.74 Å². The van der Waals surface area contributed by atoms with Crippen LogP contribution >= 0.6 is 11.3 Å². The molecule has 0 saturated carbocycles. The summed E-state index contributed by atoms with van der Waals surface area (Å²) in [5, 5.41) is 23.6. The monoisotopic (exact) mass is 561 g/mol. The number of benzene rings is 1. The van der Waals surface area contributed by atoms with Crippen LogP contribution in [0.4, 0.5) is 5.00 Å². The van der Waals surface area contributed by atoms with Gasteiger partial charge >= 0.3 is 5.97 Å². The number of aromatic nitrogens is 1. The number of thiophene rings is 1. The van der Waals surface area contributed by atoms with Crippen molar-refractivity contribution in [3.05, 3.63) is 80.1 Å². The molecule has 0 saturated heterocycles. The number of esters is 1. The van der Waals surface area contributed by atoms with Gasteiger partial charge in [0, 0.05) is 18.9 Å². The summed E-state index contributed by atoms with van der Waals surface area (Å²) in [4.78, 5) is 61.4. The topological polar surface area (TPSA) is 176 Å². The predicted molar refractivity (Wildman–Crippen MR) is 140 cm³/mol. The molecule has 0 aliphatic carbocycles. The molecular weight excluding hydrogens is 534 g/mol. The zero-order chi connectivity index (χ0) is 28.6. The Morgan fingerprint density at radius 2 is 1.74 bits per heavy atom. The van der Waals surface area contributed by atoms with E-state index in [1.54, 1.807) is 36.7 Å². The number of ether oxygens (including phenoxy) is 1. The first-order valence-corrected chi connectivity index (χ1v) is 12.4. The van der Waals surface area contributed by atoms with Crippen LogP contribution in [0.2, 0.25) is 0 Å². The van der Waals surface area contributed by atoms with Crippen LogP contribution in [0.15, 0.2) is 48.8 Å². The zero-order valence-corrected chi connectivity index (χ0v) is 22.2. The van der Waals surface area contributed by atoms with Gasteiger partial charge in [0.15, 0.2) is 0 Å². The summed E-state index contributed by atoms with van der Waals surface area (Å²) in [5.74, 6) is -1.66. The number of likely N-dealkylation sites (N-methyl/N-ethyl adjacent to an activating group) is 1. The third-order valence-corrected chi connectivity index (χ3v) is 6.66. The molecule has 0 fully saturated rings. The molecule has 0 aliphatic heterocycles. The third-order valence-electron chi connectivity index (χ3n) is 5.66. The van der Waals surface area contributed by atoms with Crippen LogP contribution in [0, 0.1) is 25.6 Å². The molecule has 1 atom stereocenters. The van der Waals surface area contributed by atoms with Crippen LogP contribution < -0.4 is 5.32 Å². The van der Waals surface area contributed by atoms with Crippen LogP contribution in [0.25, 0.3) is 10.1 Å². The van der Waals surface area contributed by atoms with Gasteiger partial charge in [-0.15, -0.1) is 31.6 Å².